The van der Waals surface area contributed by atoms with Crippen LogP contribution in [0.4, 0.5) is 0 Å². The van der Waals surface area contributed by atoms with Crippen molar-refractivity contribution in [1.29, 1.82) is 0 Å². The third-order valence-corrected chi connectivity index (χ3v) is 3.22. The number of nitrogens with one attached hydrogen (secondary N) is 1. The van der Waals surface area contributed by atoms with Crippen molar-refractivity contribution in [3.8, 4) is 17.2 Å². The molecule has 1 unspecified atom stereocenters. The SMILES string of the molecule is CCOc1ccccc1-c1nnc(C2CCCN2)o1. The van der Waals surface area contributed by atoms with Crippen molar-refractivity contribution < 1.29 is 9.15 Å². The number of rotatable bonds is 4. The van der Waals surface area contributed by atoms with Gasteiger partial charge in [-0.3, -0.25) is 0 Å². The lowest BCUT2D eigenvalue weighted by molar-refractivity contribution is 0.340. The summed E-state index contributed by atoms with van der Waals surface area (Å²) in [5.41, 5.74) is 0.848. The number of ether oxygens (including phenoxy) is 1. The Morgan fingerprint density at radius 1 is 1.37 bits per heavy atom. The Morgan fingerprint density at radius 2 is 2.26 bits per heavy atom. The van der Waals surface area contributed by atoms with E-state index in [9.17, 15) is 0 Å². The highest BCUT2D eigenvalue weighted by Crippen LogP contribution is 2.31. The molecule has 1 saturated heterocycles. The average molecular weight is 259 g/mol. The van der Waals surface area contributed by atoms with E-state index in [1.54, 1.807) is 0 Å². The normalized spacial score (nSPS) is 18.7. The zero-order chi connectivity index (χ0) is 13.1. The van der Waals surface area contributed by atoms with Gasteiger partial charge in [-0.25, -0.2) is 0 Å². The minimum atomic E-state index is 0.195. The van der Waals surface area contributed by atoms with Crippen LogP contribution in [0.3, 0.4) is 0 Å². The molecule has 1 aliphatic heterocycles. The van der Waals surface area contributed by atoms with Gasteiger partial charge in [0.05, 0.1) is 18.2 Å². The zero-order valence-electron chi connectivity index (χ0n) is 10.9. The van der Waals surface area contributed by atoms with Gasteiger partial charge < -0.3 is 14.5 Å². The summed E-state index contributed by atoms with van der Waals surface area (Å²) >= 11 is 0. The van der Waals surface area contributed by atoms with E-state index < -0.39 is 0 Å². The van der Waals surface area contributed by atoms with Gasteiger partial charge in [0.1, 0.15) is 5.75 Å². The Balaban J connectivity index is 1.89. The summed E-state index contributed by atoms with van der Waals surface area (Å²) in [7, 11) is 0. The van der Waals surface area contributed by atoms with Crippen molar-refractivity contribution in [2.45, 2.75) is 25.8 Å². The smallest absolute Gasteiger partial charge is 0.251 e. The highest BCUT2D eigenvalue weighted by atomic mass is 16.5. The zero-order valence-corrected chi connectivity index (χ0v) is 10.9. The monoisotopic (exact) mass is 259 g/mol. The van der Waals surface area contributed by atoms with E-state index in [1.165, 1.54) is 0 Å². The molecule has 0 amide bonds. The largest absolute Gasteiger partial charge is 0.493 e. The van der Waals surface area contributed by atoms with Crippen molar-refractivity contribution in [3.63, 3.8) is 0 Å². The first-order valence-electron chi connectivity index (χ1n) is 6.67. The number of nitrogens with zero attached hydrogens (tertiary/aromatic N) is 2. The van der Waals surface area contributed by atoms with Gasteiger partial charge in [0.2, 0.25) is 5.89 Å². The molecule has 0 spiro atoms. The fraction of sp³-hybridized carbons (Fsp3) is 0.429. The standard InChI is InChI=1S/C14H17N3O2/c1-2-18-12-8-4-3-6-10(12)13-16-17-14(19-13)11-7-5-9-15-11/h3-4,6,8,11,15H,2,5,7,9H2,1H3. The fourth-order valence-electron chi connectivity index (χ4n) is 2.30. The highest BCUT2D eigenvalue weighted by molar-refractivity contribution is 5.62. The number of hydrogen-bond donors (Lipinski definition) is 1. The molecule has 100 valence electrons. The van der Waals surface area contributed by atoms with E-state index in [4.69, 9.17) is 9.15 Å². The van der Waals surface area contributed by atoms with Crippen LogP contribution in [-0.2, 0) is 0 Å². The minimum Gasteiger partial charge on any atom is -0.493 e. The molecule has 0 aliphatic carbocycles. The van der Waals surface area contributed by atoms with Gasteiger partial charge in [-0.2, -0.15) is 0 Å². The molecule has 0 radical (unpaired) electrons. The number of benzene rings is 1. The van der Waals surface area contributed by atoms with Crippen LogP contribution in [0.5, 0.6) is 5.75 Å². The quantitative estimate of drug-likeness (QED) is 0.914. The van der Waals surface area contributed by atoms with Crippen LogP contribution in [0.15, 0.2) is 28.7 Å². The molecule has 0 bridgehead atoms. The summed E-state index contributed by atoms with van der Waals surface area (Å²) < 4.78 is 11.4. The molecule has 5 heteroatoms. The maximum Gasteiger partial charge on any atom is 0.251 e. The molecule has 0 saturated carbocycles. The minimum absolute atomic E-state index is 0.195. The van der Waals surface area contributed by atoms with Gasteiger partial charge >= 0.3 is 0 Å². The average Bonchev–Trinajstić information content (AvgIpc) is 3.11. The summed E-state index contributed by atoms with van der Waals surface area (Å²) in [5.74, 6) is 1.96. The molecule has 1 fully saturated rings. The van der Waals surface area contributed by atoms with Crippen LogP contribution in [0.25, 0.3) is 11.5 Å². The lowest BCUT2D eigenvalue weighted by Gasteiger charge is -2.06. The predicted molar refractivity (Wildman–Crippen MR) is 70.9 cm³/mol. The maximum absolute atomic E-state index is 5.78. The Kier molecular flexibility index (Phi) is 3.46. The molecule has 19 heavy (non-hydrogen) atoms. The van der Waals surface area contributed by atoms with E-state index in [0.29, 0.717) is 18.4 Å². The van der Waals surface area contributed by atoms with Crippen LogP contribution in [0.1, 0.15) is 31.7 Å². The first-order valence-corrected chi connectivity index (χ1v) is 6.67. The lowest BCUT2D eigenvalue weighted by atomic mass is 10.2. The Bertz CT molecular complexity index is 547. The van der Waals surface area contributed by atoms with E-state index in [2.05, 4.69) is 15.5 Å². The van der Waals surface area contributed by atoms with Crippen LogP contribution in [0.2, 0.25) is 0 Å². The van der Waals surface area contributed by atoms with Gasteiger partial charge in [0, 0.05) is 0 Å². The van der Waals surface area contributed by atoms with E-state index >= 15 is 0 Å². The van der Waals surface area contributed by atoms with E-state index in [1.807, 2.05) is 31.2 Å². The second kappa shape index (κ2) is 5.40. The molecule has 3 rings (SSSR count). The van der Waals surface area contributed by atoms with E-state index in [-0.39, 0.29) is 6.04 Å². The predicted octanol–water partition coefficient (Wildman–Crippen LogP) is 2.56. The van der Waals surface area contributed by atoms with Crippen molar-refractivity contribution in [1.82, 2.24) is 15.5 Å². The highest BCUT2D eigenvalue weighted by Gasteiger charge is 2.23. The second-order valence-electron chi connectivity index (χ2n) is 4.52. The topological polar surface area (TPSA) is 60.2 Å². The van der Waals surface area contributed by atoms with Gasteiger partial charge in [0.15, 0.2) is 0 Å². The molecule has 1 atom stereocenters. The van der Waals surface area contributed by atoms with Gasteiger partial charge in [-0.15, -0.1) is 10.2 Å². The van der Waals surface area contributed by atoms with Gasteiger partial charge in [-0.05, 0) is 38.4 Å². The van der Waals surface area contributed by atoms with Crippen LogP contribution < -0.4 is 10.1 Å². The third-order valence-electron chi connectivity index (χ3n) is 3.22. The number of para-hydroxylation sites is 1. The summed E-state index contributed by atoms with van der Waals surface area (Å²) in [5, 5.41) is 11.6. The third kappa shape index (κ3) is 2.46. The van der Waals surface area contributed by atoms with Crippen molar-refractivity contribution in [2.75, 3.05) is 13.2 Å². The first-order chi connectivity index (χ1) is 9.38. The summed E-state index contributed by atoms with van der Waals surface area (Å²) in [6, 6.07) is 7.92. The van der Waals surface area contributed by atoms with Crippen LogP contribution in [0, 0.1) is 0 Å². The molecule has 1 N–H and O–H groups in total. The first kappa shape index (κ1) is 12.2. The van der Waals surface area contributed by atoms with E-state index in [0.717, 1.165) is 30.7 Å². The Hall–Kier alpha value is -1.88. The molecular formula is C14H17N3O2. The number of hydrogen-bond acceptors (Lipinski definition) is 5. The molecule has 1 aliphatic rings. The van der Waals surface area contributed by atoms with Crippen molar-refractivity contribution in [2.24, 2.45) is 0 Å². The summed E-state index contributed by atoms with van der Waals surface area (Å²) in [6.45, 7) is 3.58. The van der Waals surface area contributed by atoms with Crippen LogP contribution in [-0.4, -0.2) is 23.3 Å². The molecular weight excluding hydrogens is 242 g/mol. The fourth-order valence-corrected chi connectivity index (χ4v) is 2.30. The summed E-state index contributed by atoms with van der Waals surface area (Å²) in [4.78, 5) is 0. The number of aromatic nitrogens is 2. The maximum atomic E-state index is 5.78. The van der Waals surface area contributed by atoms with Crippen molar-refractivity contribution in [3.05, 3.63) is 30.2 Å². The molecule has 1 aromatic heterocycles. The van der Waals surface area contributed by atoms with Crippen LogP contribution >= 0.6 is 0 Å². The van der Waals surface area contributed by atoms with Crippen molar-refractivity contribution >= 4 is 0 Å². The summed E-state index contributed by atoms with van der Waals surface area (Å²) in [6.07, 6.45) is 2.20. The second-order valence-corrected chi connectivity index (χ2v) is 4.52. The molecule has 2 heterocycles. The molecule has 2 aromatic rings. The molecule has 1 aromatic carbocycles. The Morgan fingerprint density at radius 3 is 3.05 bits per heavy atom. The molecule has 5 nitrogen and oxygen atoms in total. The van der Waals surface area contributed by atoms with Gasteiger partial charge in [-0.1, -0.05) is 12.1 Å². The van der Waals surface area contributed by atoms with Gasteiger partial charge in [0.25, 0.3) is 5.89 Å². The lowest BCUT2D eigenvalue weighted by Crippen LogP contribution is -2.12. The Labute approximate surface area is 112 Å².